The highest BCUT2D eigenvalue weighted by Crippen LogP contribution is 2.29. The van der Waals surface area contributed by atoms with Gasteiger partial charge >= 0.3 is 0 Å². The van der Waals surface area contributed by atoms with Gasteiger partial charge in [-0.25, -0.2) is 4.39 Å². The van der Waals surface area contributed by atoms with Crippen LogP contribution in [-0.2, 0) is 0 Å². The number of hydrogen-bond acceptors (Lipinski definition) is 4. The number of rotatable bonds is 3. The molecule has 1 aromatic heterocycles. The van der Waals surface area contributed by atoms with Crippen LogP contribution in [0.5, 0.6) is 0 Å². The average molecular weight is 380 g/mol. The van der Waals surface area contributed by atoms with E-state index in [4.69, 9.17) is 0 Å². The summed E-state index contributed by atoms with van der Waals surface area (Å²) in [6.45, 7) is 0. The zero-order valence-corrected chi connectivity index (χ0v) is 15.0. The second-order valence-corrected chi connectivity index (χ2v) is 7.14. The summed E-state index contributed by atoms with van der Waals surface area (Å²) < 4.78 is 13.0. The van der Waals surface area contributed by atoms with E-state index < -0.39 is 0 Å². The fourth-order valence-corrected chi connectivity index (χ4v) is 3.77. The van der Waals surface area contributed by atoms with Gasteiger partial charge < -0.3 is 5.32 Å². The SMILES string of the molecule is CN1C(=O)c2ccc(NC(=O)c3ccc(-c4ccc(F)cc4)s3)cc2C1=O. The molecule has 0 radical (unpaired) electrons. The lowest BCUT2D eigenvalue weighted by atomic mass is 10.1. The van der Waals surface area contributed by atoms with Crippen molar-refractivity contribution in [3.05, 3.63) is 76.4 Å². The summed E-state index contributed by atoms with van der Waals surface area (Å²) in [5.41, 5.74) is 1.87. The first-order chi connectivity index (χ1) is 12.9. The van der Waals surface area contributed by atoms with Crippen LogP contribution >= 0.6 is 11.3 Å². The highest BCUT2D eigenvalue weighted by atomic mass is 32.1. The fraction of sp³-hybridized carbons (Fsp3) is 0.0500. The summed E-state index contributed by atoms with van der Waals surface area (Å²) in [7, 11) is 1.42. The van der Waals surface area contributed by atoms with E-state index in [1.54, 1.807) is 30.3 Å². The van der Waals surface area contributed by atoms with Crippen molar-refractivity contribution in [3.8, 4) is 10.4 Å². The maximum Gasteiger partial charge on any atom is 0.265 e. The van der Waals surface area contributed by atoms with Crippen LogP contribution in [-0.4, -0.2) is 29.7 Å². The molecule has 0 fully saturated rings. The fourth-order valence-electron chi connectivity index (χ4n) is 2.86. The first-order valence-corrected chi connectivity index (χ1v) is 8.89. The summed E-state index contributed by atoms with van der Waals surface area (Å²) in [5, 5.41) is 2.74. The summed E-state index contributed by atoms with van der Waals surface area (Å²) in [5.74, 6) is -1.38. The lowest BCUT2D eigenvalue weighted by Gasteiger charge is -2.05. The second-order valence-electron chi connectivity index (χ2n) is 6.05. The second kappa shape index (κ2) is 6.44. The molecule has 0 aliphatic carbocycles. The molecule has 2 heterocycles. The lowest BCUT2D eigenvalue weighted by Crippen LogP contribution is -2.24. The highest BCUT2D eigenvalue weighted by molar-refractivity contribution is 7.17. The van der Waals surface area contributed by atoms with E-state index in [0.29, 0.717) is 16.1 Å². The Labute approximate surface area is 158 Å². The summed E-state index contributed by atoms with van der Waals surface area (Å²) in [6, 6.07) is 14.2. The van der Waals surface area contributed by atoms with Crippen LogP contribution in [0.4, 0.5) is 10.1 Å². The molecule has 3 aromatic rings. The highest BCUT2D eigenvalue weighted by Gasteiger charge is 2.32. The minimum Gasteiger partial charge on any atom is -0.321 e. The molecule has 27 heavy (non-hydrogen) atoms. The third-order valence-corrected chi connectivity index (χ3v) is 5.44. The van der Waals surface area contributed by atoms with Gasteiger partial charge in [0.15, 0.2) is 0 Å². The Morgan fingerprint density at radius 1 is 0.963 bits per heavy atom. The molecule has 4 rings (SSSR count). The molecule has 0 spiro atoms. The molecule has 2 aromatic carbocycles. The average Bonchev–Trinajstić information content (AvgIpc) is 3.23. The summed E-state index contributed by atoms with van der Waals surface area (Å²) in [6.07, 6.45) is 0. The molecule has 1 aliphatic rings. The number of thiophene rings is 1. The third-order valence-electron chi connectivity index (χ3n) is 4.31. The van der Waals surface area contributed by atoms with Gasteiger partial charge in [0, 0.05) is 17.6 Å². The van der Waals surface area contributed by atoms with Crippen LogP contribution in [0, 0.1) is 5.82 Å². The summed E-state index contributed by atoms with van der Waals surface area (Å²) >= 11 is 1.28. The molecule has 0 saturated carbocycles. The maximum atomic E-state index is 13.0. The largest absolute Gasteiger partial charge is 0.321 e. The molecule has 0 atom stereocenters. The number of anilines is 1. The quantitative estimate of drug-likeness (QED) is 0.698. The number of nitrogens with one attached hydrogen (secondary N) is 1. The third kappa shape index (κ3) is 3.02. The van der Waals surface area contributed by atoms with E-state index in [1.165, 1.54) is 42.6 Å². The van der Waals surface area contributed by atoms with E-state index in [9.17, 15) is 18.8 Å². The monoisotopic (exact) mass is 380 g/mol. The van der Waals surface area contributed by atoms with Crippen molar-refractivity contribution in [2.75, 3.05) is 12.4 Å². The van der Waals surface area contributed by atoms with Gasteiger partial charge in [-0.15, -0.1) is 11.3 Å². The molecule has 0 bridgehead atoms. The molecule has 3 amide bonds. The molecule has 5 nitrogen and oxygen atoms in total. The number of imide groups is 1. The van der Waals surface area contributed by atoms with Crippen LogP contribution in [0.3, 0.4) is 0 Å². The molecule has 1 aliphatic heterocycles. The number of carbonyl (C=O) groups is 3. The first-order valence-electron chi connectivity index (χ1n) is 8.07. The normalized spacial score (nSPS) is 13.0. The van der Waals surface area contributed by atoms with Gasteiger partial charge in [-0.05, 0) is 48.0 Å². The Hall–Kier alpha value is -3.32. The zero-order valence-electron chi connectivity index (χ0n) is 14.2. The van der Waals surface area contributed by atoms with Crippen molar-refractivity contribution in [2.45, 2.75) is 0 Å². The van der Waals surface area contributed by atoms with Gasteiger partial charge in [0.25, 0.3) is 17.7 Å². The van der Waals surface area contributed by atoms with Crippen LogP contribution in [0.1, 0.15) is 30.4 Å². The van der Waals surface area contributed by atoms with E-state index in [0.717, 1.165) is 15.3 Å². The van der Waals surface area contributed by atoms with Crippen LogP contribution in [0.2, 0.25) is 0 Å². The van der Waals surface area contributed by atoms with Gasteiger partial charge in [-0.3, -0.25) is 19.3 Å². The molecule has 0 saturated heterocycles. The zero-order chi connectivity index (χ0) is 19.1. The number of amides is 3. The van der Waals surface area contributed by atoms with E-state index >= 15 is 0 Å². The van der Waals surface area contributed by atoms with Gasteiger partial charge in [0.1, 0.15) is 5.82 Å². The van der Waals surface area contributed by atoms with Crippen LogP contribution in [0.15, 0.2) is 54.6 Å². The molecule has 0 unspecified atom stereocenters. The lowest BCUT2D eigenvalue weighted by molar-refractivity contribution is 0.0692. The van der Waals surface area contributed by atoms with Crippen LogP contribution in [0.25, 0.3) is 10.4 Å². The number of nitrogens with zero attached hydrogens (tertiary/aromatic N) is 1. The van der Waals surface area contributed by atoms with E-state index in [2.05, 4.69) is 5.32 Å². The molecule has 7 heteroatoms. The Morgan fingerprint density at radius 3 is 2.41 bits per heavy atom. The topological polar surface area (TPSA) is 66.5 Å². The van der Waals surface area contributed by atoms with Gasteiger partial charge in [0.2, 0.25) is 0 Å². The van der Waals surface area contributed by atoms with Crippen molar-refractivity contribution < 1.29 is 18.8 Å². The predicted molar refractivity (Wildman–Crippen MR) is 101 cm³/mol. The van der Waals surface area contributed by atoms with Crippen molar-refractivity contribution in [2.24, 2.45) is 0 Å². The minimum absolute atomic E-state index is 0.276. The Kier molecular flexibility index (Phi) is 4.08. The molecular weight excluding hydrogens is 367 g/mol. The van der Waals surface area contributed by atoms with Crippen molar-refractivity contribution in [3.63, 3.8) is 0 Å². The Balaban J connectivity index is 1.55. The number of hydrogen-bond donors (Lipinski definition) is 1. The predicted octanol–water partition coefficient (Wildman–Crippen LogP) is 4.03. The maximum absolute atomic E-state index is 13.0. The smallest absolute Gasteiger partial charge is 0.265 e. The molecular formula is C20H13FN2O3S. The Bertz CT molecular complexity index is 1090. The first kappa shape index (κ1) is 17.1. The molecule has 134 valence electrons. The van der Waals surface area contributed by atoms with Crippen molar-refractivity contribution in [1.82, 2.24) is 4.90 Å². The van der Waals surface area contributed by atoms with Gasteiger partial charge in [-0.2, -0.15) is 0 Å². The Morgan fingerprint density at radius 2 is 1.67 bits per heavy atom. The number of halogens is 1. The van der Waals surface area contributed by atoms with Crippen LogP contribution < -0.4 is 5.32 Å². The van der Waals surface area contributed by atoms with E-state index in [1.807, 2.05) is 0 Å². The van der Waals surface area contributed by atoms with Gasteiger partial charge in [0.05, 0.1) is 16.0 Å². The summed E-state index contributed by atoms with van der Waals surface area (Å²) in [4.78, 5) is 38.9. The minimum atomic E-state index is -0.388. The standard InChI is InChI=1S/C20H13FN2O3S/c1-23-19(25)14-7-6-13(10-15(14)20(23)26)22-18(24)17-9-8-16(27-17)11-2-4-12(21)5-3-11/h2-10H,1H3,(H,22,24). The van der Waals surface area contributed by atoms with E-state index in [-0.39, 0.29) is 29.1 Å². The molecule has 1 N–H and O–H groups in total. The number of benzene rings is 2. The van der Waals surface area contributed by atoms with Crippen molar-refractivity contribution >= 4 is 34.7 Å². The number of carbonyl (C=O) groups excluding carboxylic acids is 3. The van der Waals surface area contributed by atoms with Crippen molar-refractivity contribution in [1.29, 1.82) is 0 Å². The number of fused-ring (bicyclic) bond motifs is 1. The van der Waals surface area contributed by atoms with Gasteiger partial charge in [-0.1, -0.05) is 12.1 Å².